The third-order valence-corrected chi connectivity index (χ3v) is 10.1. The van der Waals surface area contributed by atoms with Gasteiger partial charge in [0.2, 0.25) is 5.91 Å². The van der Waals surface area contributed by atoms with Gasteiger partial charge in [-0.1, -0.05) is 54.6 Å². The Bertz CT molecular complexity index is 2260. The van der Waals surface area contributed by atoms with Crippen LogP contribution in [0.15, 0.2) is 97.2 Å². The number of fused-ring (bicyclic) bond motifs is 3. The molecule has 2 amide bonds. The summed E-state index contributed by atoms with van der Waals surface area (Å²) in [6.07, 6.45) is 2.41. The van der Waals surface area contributed by atoms with Gasteiger partial charge in [0.15, 0.2) is 0 Å². The molecular formula is C45H51N5O7. The van der Waals surface area contributed by atoms with E-state index in [-0.39, 0.29) is 23.6 Å². The Morgan fingerprint density at radius 2 is 1.49 bits per heavy atom. The van der Waals surface area contributed by atoms with Gasteiger partial charge in [-0.25, -0.2) is 0 Å². The molecule has 4 aromatic carbocycles. The second kappa shape index (κ2) is 19.6. The number of ether oxygens (including phenoxy) is 4. The minimum atomic E-state index is -0.366. The summed E-state index contributed by atoms with van der Waals surface area (Å²) in [5.41, 5.74) is 8.86. The number of aromatic hydroxyl groups is 1. The summed E-state index contributed by atoms with van der Waals surface area (Å²) in [5.74, 6) is -0.0578. The predicted octanol–water partition coefficient (Wildman–Crippen LogP) is 6.09. The van der Waals surface area contributed by atoms with E-state index < -0.39 is 0 Å². The number of phenols is 1. The highest BCUT2D eigenvalue weighted by molar-refractivity contribution is 6.01. The molecule has 0 aliphatic carbocycles. The average Bonchev–Trinajstić information content (AvgIpc) is 3.90. The molecule has 7 rings (SSSR count). The van der Waals surface area contributed by atoms with Gasteiger partial charge in [0.25, 0.3) is 5.91 Å². The molecule has 0 bridgehead atoms. The molecule has 1 unspecified atom stereocenters. The Balaban J connectivity index is 0.874. The van der Waals surface area contributed by atoms with Crippen molar-refractivity contribution in [3.63, 3.8) is 0 Å². The molecule has 57 heavy (non-hydrogen) atoms. The van der Waals surface area contributed by atoms with Crippen LogP contribution in [0.2, 0.25) is 0 Å². The van der Waals surface area contributed by atoms with Crippen LogP contribution in [0.25, 0.3) is 21.8 Å². The van der Waals surface area contributed by atoms with Crippen LogP contribution in [-0.2, 0) is 49.9 Å². The molecule has 2 aromatic heterocycles. The summed E-state index contributed by atoms with van der Waals surface area (Å²) in [5, 5.41) is 22.2. The summed E-state index contributed by atoms with van der Waals surface area (Å²) >= 11 is 0. The number of nitrogens with one attached hydrogen (secondary N) is 4. The zero-order valence-corrected chi connectivity index (χ0v) is 32.4. The van der Waals surface area contributed by atoms with Crippen molar-refractivity contribution in [1.82, 2.24) is 25.5 Å². The second-order valence-electron chi connectivity index (χ2n) is 14.1. The highest BCUT2D eigenvalue weighted by Crippen LogP contribution is 2.38. The number of para-hydroxylation sites is 1. The molecule has 0 fully saturated rings. The van der Waals surface area contributed by atoms with Crippen molar-refractivity contribution in [2.24, 2.45) is 0 Å². The maximum absolute atomic E-state index is 12.9. The Kier molecular flexibility index (Phi) is 13.6. The van der Waals surface area contributed by atoms with Crippen LogP contribution in [0, 0.1) is 0 Å². The van der Waals surface area contributed by atoms with E-state index in [9.17, 15) is 14.7 Å². The van der Waals surface area contributed by atoms with Gasteiger partial charge >= 0.3 is 0 Å². The minimum absolute atomic E-state index is 0.0530. The lowest BCUT2D eigenvalue weighted by Gasteiger charge is -2.15. The quantitative estimate of drug-likeness (QED) is 0.0521. The Hall–Kier alpha value is -5.50. The largest absolute Gasteiger partial charge is 0.508 e. The molecule has 6 aromatic rings. The lowest BCUT2D eigenvalue weighted by molar-refractivity contribution is -0.122. The van der Waals surface area contributed by atoms with Gasteiger partial charge in [-0.05, 0) is 71.0 Å². The fourth-order valence-corrected chi connectivity index (χ4v) is 7.22. The van der Waals surface area contributed by atoms with Crippen LogP contribution in [0.4, 0.5) is 0 Å². The number of hydrogen-bond donors (Lipinski definition) is 5. The van der Waals surface area contributed by atoms with E-state index >= 15 is 0 Å². The number of rotatable bonds is 22. The Labute approximate surface area is 332 Å². The molecule has 1 atom stereocenters. The number of hydrogen-bond acceptors (Lipinski definition) is 8. The first kappa shape index (κ1) is 39.7. The molecule has 0 spiro atoms. The topological polar surface area (TPSA) is 148 Å². The highest BCUT2D eigenvalue weighted by Gasteiger charge is 2.33. The first-order valence-electron chi connectivity index (χ1n) is 19.6. The summed E-state index contributed by atoms with van der Waals surface area (Å²) in [4.78, 5) is 28.8. The molecule has 1 aliphatic heterocycles. The maximum Gasteiger partial charge on any atom is 0.252 e. The third kappa shape index (κ3) is 10.3. The second-order valence-corrected chi connectivity index (χ2v) is 14.1. The summed E-state index contributed by atoms with van der Waals surface area (Å²) in [6.45, 7) is 8.44. The van der Waals surface area contributed by atoms with Crippen molar-refractivity contribution in [1.29, 1.82) is 0 Å². The van der Waals surface area contributed by atoms with Crippen LogP contribution < -0.4 is 16.0 Å². The van der Waals surface area contributed by atoms with Crippen molar-refractivity contribution >= 4 is 33.6 Å². The normalized spacial score (nSPS) is 13.7. The number of carbonyl (C=O) groups is 2. The fourth-order valence-electron chi connectivity index (χ4n) is 7.22. The van der Waals surface area contributed by atoms with E-state index in [4.69, 9.17) is 18.9 Å². The van der Waals surface area contributed by atoms with Crippen LogP contribution >= 0.6 is 0 Å². The fraction of sp³-hybridized carbons (Fsp3) is 0.333. The number of benzene rings is 4. The molecule has 0 radical (unpaired) electrons. The highest BCUT2D eigenvalue weighted by atomic mass is 16.6. The van der Waals surface area contributed by atoms with E-state index in [2.05, 4.69) is 86.3 Å². The third-order valence-electron chi connectivity index (χ3n) is 10.1. The lowest BCUT2D eigenvalue weighted by Crippen LogP contribution is -2.24. The predicted molar refractivity (Wildman–Crippen MR) is 219 cm³/mol. The van der Waals surface area contributed by atoms with E-state index in [1.165, 1.54) is 10.9 Å². The maximum atomic E-state index is 12.9. The smallest absolute Gasteiger partial charge is 0.252 e. The van der Waals surface area contributed by atoms with Crippen LogP contribution in [0.5, 0.6) is 5.75 Å². The zero-order chi connectivity index (χ0) is 39.4. The number of aromatic amines is 1. The van der Waals surface area contributed by atoms with E-state index in [0.29, 0.717) is 84.5 Å². The monoisotopic (exact) mass is 773 g/mol. The molecule has 0 saturated carbocycles. The molecule has 12 heteroatoms. The van der Waals surface area contributed by atoms with Gasteiger partial charge < -0.3 is 49.6 Å². The number of carbonyl (C=O) groups excluding carboxylic acids is 2. The SMILES string of the molecule is CCOCCOCCOCCOCCC(=O)NCc1ccc(Cn2ccc3ccc(CNCc4[nH]c5ccccc5c4C4NC(=O)c5ccc(O)cc54)cc32)cc1. The van der Waals surface area contributed by atoms with Gasteiger partial charge in [-0.2, -0.15) is 0 Å². The van der Waals surface area contributed by atoms with Crippen molar-refractivity contribution in [2.75, 3.05) is 52.9 Å². The summed E-state index contributed by atoms with van der Waals surface area (Å²) in [7, 11) is 0. The first-order valence-corrected chi connectivity index (χ1v) is 19.6. The Morgan fingerprint density at radius 3 is 2.28 bits per heavy atom. The molecule has 298 valence electrons. The van der Waals surface area contributed by atoms with Gasteiger partial charge in [0.1, 0.15) is 5.75 Å². The molecule has 0 saturated heterocycles. The van der Waals surface area contributed by atoms with Crippen molar-refractivity contribution in [3.8, 4) is 5.75 Å². The van der Waals surface area contributed by atoms with Gasteiger partial charge in [0, 0.05) is 78.6 Å². The average molecular weight is 774 g/mol. The van der Waals surface area contributed by atoms with Crippen LogP contribution in [-0.4, -0.2) is 79.3 Å². The van der Waals surface area contributed by atoms with Crippen molar-refractivity contribution in [2.45, 2.75) is 45.6 Å². The Morgan fingerprint density at radius 1 is 0.772 bits per heavy atom. The van der Waals surface area contributed by atoms with Gasteiger partial charge in [-0.3, -0.25) is 9.59 Å². The molecule has 12 nitrogen and oxygen atoms in total. The van der Waals surface area contributed by atoms with Gasteiger partial charge in [0.05, 0.1) is 52.3 Å². The molecule has 1 aliphatic rings. The lowest BCUT2D eigenvalue weighted by atomic mass is 9.95. The zero-order valence-electron chi connectivity index (χ0n) is 32.4. The number of amides is 2. The van der Waals surface area contributed by atoms with Crippen molar-refractivity contribution < 1.29 is 33.6 Å². The number of H-pyrrole nitrogens is 1. The van der Waals surface area contributed by atoms with Gasteiger partial charge in [-0.15, -0.1) is 0 Å². The summed E-state index contributed by atoms with van der Waals surface area (Å²) < 4.78 is 23.9. The van der Waals surface area contributed by atoms with Crippen LogP contribution in [0.3, 0.4) is 0 Å². The van der Waals surface area contributed by atoms with E-state index in [1.54, 1.807) is 18.2 Å². The first-order chi connectivity index (χ1) is 28.0. The minimum Gasteiger partial charge on any atom is -0.508 e. The van der Waals surface area contributed by atoms with E-state index in [0.717, 1.165) is 50.9 Å². The molecule has 3 heterocycles. The molecular weight excluding hydrogens is 723 g/mol. The number of aromatic nitrogens is 2. The number of nitrogens with zero attached hydrogens (tertiary/aromatic N) is 1. The van der Waals surface area contributed by atoms with Crippen molar-refractivity contribution in [3.05, 3.63) is 136 Å². The van der Waals surface area contributed by atoms with E-state index in [1.807, 2.05) is 25.1 Å². The molecule has 5 N–H and O–H groups in total. The summed E-state index contributed by atoms with van der Waals surface area (Å²) in [6, 6.07) is 29.6. The number of phenolic OH excluding ortho intramolecular Hbond substituents is 1. The standard InChI is InChI=1S/C45H51N5O7/c1-2-54-19-20-56-23-24-57-22-21-55-18-16-42(52)47-28-31-7-9-32(10-8-31)30-50-17-15-34-12-11-33(25-41(34)50)27-46-29-40-43(37-5-3-4-6-39(37)48-40)44-38-26-35(51)13-14-36(38)45(53)49-44/h3-15,17,25-26,44,46,48,51H,2,16,18-24,27-30H2,1H3,(H,47,52)(H,49,53). The van der Waals surface area contributed by atoms with Crippen LogP contribution in [0.1, 0.15) is 63.3 Å².